The molecule has 10 heavy (non-hydrogen) atoms. The van der Waals surface area contributed by atoms with E-state index in [0.29, 0.717) is 5.92 Å². The quantitative estimate of drug-likeness (QED) is 0.567. The van der Waals surface area contributed by atoms with Crippen LogP contribution in [0.5, 0.6) is 0 Å². The summed E-state index contributed by atoms with van der Waals surface area (Å²) >= 11 is 0. The molecule has 0 atom stereocenters. The molecule has 1 heteroatoms. The summed E-state index contributed by atoms with van der Waals surface area (Å²) in [6, 6.07) is 0. The normalized spacial score (nSPS) is 18.4. The van der Waals surface area contributed by atoms with Gasteiger partial charge in [0, 0.05) is 18.8 Å². The Balaban J connectivity index is 2.56. The Morgan fingerprint density at radius 1 is 1.60 bits per heavy atom. The lowest BCUT2D eigenvalue weighted by atomic mass is 10.1. The van der Waals surface area contributed by atoms with Gasteiger partial charge in [0.25, 0.3) is 0 Å². The van der Waals surface area contributed by atoms with Crippen molar-refractivity contribution in [1.82, 2.24) is 4.90 Å². The van der Waals surface area contributed by atoms with Gasteiger partial charge in [-0.25, -0.2) is 0 Å². The minimum Gasteiger partial charge on any atom is -0.375 e. The molecule has 0 saturated carbocycles. The zero-order chi connectivity index (χ0) is 7.56. The molecule has 0 saturated heterocycles. The van der Waals surface area contributed by atoms with Crippen LogP contribution in [0.25, 0.3) is 0 Å². The van der Waals surface area contributed by atoms with Crippen LogP contribution < -0.4 is 0 Å². The van der Waals surface area contributed by atoms with Gasteiger partial charge in [-0.15, -0.1) is 0 Å². The van der Waals surface area contributed by atoms with Crippen molar-refractivity contribution in [2.24, 2.45) is 5.92 Å². The zero-order valence-corrected chi connectivity index (χ0v) is 7.22. The molecule has 0 fully saturated rings. The molecule has 0 unspecified atom stereocenters. The lowest BCUT2D eigenvalue weighted by molar-refractivity contribution is 0.361. The first-order chi connectivity index (χ1) is 4.75. The van der Waals surface area contributed by atoms with Crippen molar-refractivity contribution >= 4 is 0 Å². The SMILES string of the molecule is CCN1CCC=C1C(C)C. The average molecular weight is 139 g/mol. The molecule has 1 rings (SSSR count). The van der Waals surface area contributed by atoms with Crippen molar-refractivity contribution in [2.45, 2.75) is 27.2 Å². The molecule has 1 nitrogen and oxygen atoms in total. The van der Waals surface area contributed by atoms with E-state index in [-0.39, 0.29) is 0 Å². The lowest BCUT2D eigenvalue weighted by Gasteiger charge is -2.22. The van der Waals surface area contributed by atoms with Gasteiger partial charge in [0.2, 0.25) is 0 Å². The van der Waals surface area contributed by atoms with Crippen LogP contribution in [-0.4, -0.2) is 18.0 Å². The van der Waals surface area contributed by atoms with Gasteiger partial charge >= 0.3 is 0 Å². The predicted octanol–water partition coefficient (Wildman–Crippen LogP) is 2.25. The maximum absolute atomic E-state index is 2.46. The largest absolute Gasteiger partial charge is 0.375 e. The summed E-state index contributed by atoms with van der Waals surface area (Å²) < 4.78 is 0. The first kappa shape index (κ1) is 7.64. The summed E-state index contributed by atoms with van der Waals surface area (Å²) in [5.74, 6) is 0.711. The van der Waals surface area contributed by atoms with E-state index < -0.39 is 0 Å². The summed E-state index contributed by atoms with van der Waals surface area (Å²) in [6.45, 7) is 9.16. The van der Waals surface area contributed by atoms with E-state index in [1.54, 1.807) is 5.70 Å². The highest BCUT2D eigenvalue weighted by atomic mass is 15.1. The van der Waals surface area contributed by atoms with E-state index >= 15 is 0 Å². The van der Waals surface area contributed by atoms with E-state index in [4.69, 9.17) is 0 Å². The molecular weight excluding hydrogens is 122 g/mol. The van der Waals surface area contributed by atoms with E-state index in [1.165, 1.54) is 19.5 Å². The van der Waals surface area contributed by atoms with Crippen LogP contribution >= 0.6 is 0 Å². The molecule has 0 spiro atoms. The Morgan fingerprint density at radius 2 is 2.30 bits per heavy atom. The number of hydrogen-bond acceptors (Lipinski definition) is 1. The van der Waals surface area contributed by atoms with Crippen LogP contribution in [0.1, 0.15) is 27.2 Å². The van der Waals surface area contributed by atoms with Gasteiger partial charge in [0.05, 0.1) is 0 Å². The van der Waals surface area contributed by atoms with Gasteiger partial charge in [-0.05, 0) is 19.3 Å². The van der Waals surface area contributed by atoms with Gasteiger partial charge < -0.3 is 4.90 Å². The number of allylic oxidation sites excluding steroid dienone is 1. The van der Waals surface area contributed by atoms with Gasteiger partial charge in [0.1, 0.15) is 0 Å². The second-order valence-electron chi connectivity index (χ2n) is 3.15. The first-order valence-corrected chi connectivity index (χ1v) is 4.20. The number of rotatable bonds is 2. The van der Waals surface area contributed by atoms with Crippen molar-refractivity contribution < 1.29 is 0 Å². The Labute approximate surface area is 63.7 Å². The van der Waals surface area contributed by atoms with Crippen LogP contribution in [0.2, 0.25) is 0 Å². The number of hydrogen-bond donors (Lipinski definition) is 0. The van der Waals surface area contributed by atoms with Crippen LogP contribution in [0.15, 0.2) is 11.8 Å². The summed E-state index contributed by atoms with van der Waals surface area (Å²) in [5.41, 5.74) is 1.54. The molecule has 0 aliphatic carbocycles. The van der Waals surface area contributed by atoms with E-state index in [0.717, 1.165) is 0 Å². The molecule has 0 amide bonds. The van der Waals surface area contributed by atoms with Crippen molar-refractivity contribution in [3.63, 3.8) is 0 Å². The molecule has 0 aromatic rings. The van der Waals surface area contributed by atoms with Gasteiger partial charge in [0.15, 0.2) is 0 Å². The predicted molar refractivity (Wildman–Crippen MR) is 44.8 cm³/mol. The van der Waals surface area contributed by atoms with Crippen LogP contribution in [0, 0.1) is 5.92 Å². The third-order valence-electron chi connectivity index (χ3n) is 2.09. The van der Waals surface area contributed by atoms with E-state index in [2.05, 4.69) is 31.7 Å². The topological polar surface area (TPSA) is 3.24 Å². The Kier molecular flexibility index (Phi) is 2.36. The van der Waals surface area contributed by atoms with Crippen molar-refractivity contribution in [3.05, 3.63) is 11.8 Å². The summed E-state index contributed by atoms with van der Waals surface area (Å²) in [4.78, 5) is 2.46. The smallest absolute Gasteiger partial charge is 0.0210 e. The van der Waals surface area contributed by atoms with E-state index in [9.17, 15) is 0 Å². The third kappa shape index (κ3) is 1.34. The Morgan fingerprint density at radius 3 is 2.70 bits per heavy atom. The summed E-state index contributed by atoms with van der Waals surface area (Å²) in [5, 5.41) is 0. The van der Waals surface area contributed by atoms with Crippen LogP contribution in [0.4, 0.5) is 0 Å². The fourth-order valence-electron chi connectivity index (χ4n) is 1.57. The fourth-order valence-corrected chi connectivity index (χ4v) is 1.57. The minimum atomic E-state index is 0.711. The molecule has 1 aliphatic rings. The van der Waals surface area contributed by atoms with Crippen molar-refractivity contribution in [2.75, 3.05) is 13.1 Å². The highest BCUT2D eigenvalue weighted by Crippen LogP contribution is 2.21. The molecule has 0 N–H and O–H groups in total. The molecule has 0 aromatic heterocycles. The molecule has 0 bridgehead atoms. The number of nitrogens with zero attached hydrogens (tertiary/aromatic N) is 1. The van der Waals surface area contributed by atoms with Gasteiger partial charge in [-0.3, -0.25) is 0 Å². The van der Waals surface area contributed by atoms with Crippen molar-refractivity contribution in [1.29, 1.82) is 0 Å². The second kappa shape index (κ2) is 3.09. The third-order valence-corrected chi connectivity index (χ3v) is 2.09. The molecular formula is C9H17N. The average Bonchev–Trinajstić information content (AvgIpc) is 2.33. The molecule has 1 heterocycles. The summed E-state index contributed by atoms with van der Waals surface area (Å²) in [6.07, 6.45) is 3.62. The second-order valence-corrected chi connectivity index (χ2v) is 3.15. The standard InChI is InChI=1S/C9H17N/c1-4-10-7-5-6-9(10)8(2)3/h6,8H,4-5,7H2,1-3H3. The molecule has 0 radical (unpaired) electrons. The minimum absolute atomic E-state index is 0.711. The molecule has 0 aromatic carbocycles. The van der Waals surface area contributed by atoms with Crippen molar-refractivity contribution in [3.8, 4) is 0 Å². The Bertz CT molecular complexity index is 136. The monoisotopic (exact) mass is 139 g/mol. The van der Waals surface area contributed by atoms with Crippen LogP contribution in [0.3, 0.4) is 0 Å². The lowest BCUT2D eigenvalue weighted by Crippen LogP contribution is -2.21. The maximum Gasteiger partial charge on any atom is 0.0210 e. The van der Waals surface area contributed by atoms with Gasteiger partial charge in [-0.2, -0.15) is 0 Å². The van der Waals surface area contributed by atoms with Crippen LogP contribution in [-0.2, 0) is 0 Å². The maximum atomic E-state index is 2.46. The first-order valence-electron chi connectivity index (χ1n) is 4.20. The van der Waals surface area contributed by atoms with E-state index in [1.807, 2.05) is 0 Å². The molecule has 58 valence electrons. The fraction of sp³-hybridized carbons (Fsp3) is 0.778. The molecule has 1 aliphatic heterocycles. The zero-order valence-electron chi connectivity index (χ0n) is 7.22. The summed E-state index contributed by atoms with van der Waals surface area (Å²) in [7, 11) is 0. The highest BCUT2D eigenvalue weighted by Gasteiger charge is 2.14. The highest BCUT2D eigenvalue weighted by molar-refractivity contribution is 5.09. The van der Waals surface area contributed by atoms with Gasteiger partial charge in [-0.1, -0.05) is 19.9 Å². The Hall–Kier alpha value is -0.460.